The summed E-state index contributed by atoms with van der Waals surface area (Å²) in [7, 11) is 0. The lowest BCUT2D eigenvalue weighted by Crippen LogP contribution is -2.05. The molecule has 1 aromatic carbocycles. The zero-order valence-electron chi connectivity index (χ0n) is 7.47. The molecule has 0 saturated carbocycles. The Kier molecular flexibility index (Phi) is 2.88. The van der Waals surface area contributed by atoms with E-state index in [2.05, 4.69) is 43.6 Å². The summed E-state index contributed by atoms with van der Waals surface area (Å²) in [4.78, 5) is 0. The number of nitrogens with zero attached hydrogens (tertiary/aromatic N) is 4. The Morgan fingerprint density at radius 3 is 2.71 bits per heavy atom. The molecule has 0 saturated heterocycles. The van der Waals surface area contributed by atoms with Crippen molar-refractivity contribution in [2.75, 3.05) is 0 Å². The Bertz CT molecular complexity index is 398. The highest BCUT2D eigenvalue weighted by molar-refractivity contribution is 9.08. The quantitative estimate of drug-likeness (QED) is 0.780. The Hall–Kier alpha value is -1.23. The zero-order chi connectivity index (χ0) is 9.80. The van der Waals surface area contributed by atoms with Crippen LogP contribution < -0.4 is 0 Å². The third-order valence-electron chi connectivity index (χ3n) is 1.90. The molecule has 1 heterocycles. The lowest BCUT2D eigenvalue weighted by atomic mass is 10.2. The largest absolute Gasteiger partial charge is 0.224 e. The number of halogens is 1. The molecule has 0 spiro atoms. The van der Waals surface area contributed by atoms with Crippen LogP contribution in [0.15, 0.2) is 30.3 Å². The van der Waals surface area contributed by atoms with Gasteiger partial charge in [0.15, 0.2) is 5.82 Å². The minimum atomic E-state index is 0.673. The van der Waals surface area contributed by atoms with Crippen molar-refractivity contribution >= 4 is 15.9 Å². The van der Waals surface area contributed by atoms with Gasteiger partial charge in [-0.2, -0.15) is 0 Å². The van der Waals surface area contributed by atoms with Crippen LogP contribution in [0.25, 0.3) is 0 Å². The number of rotatable bonds is 3. The number of tetrazole rings is 1. The lowest BCUT2D eigenvalue weighted by Gasteiger charge is -2.01. The van der Waals surface area contributed by atoms with Gasteiger partial charge < -0.3 is 0 Å². The summed E-state index contributed by atoms with van der Waals surface area (Å²) in [6.07, 6.45) is 0. The van der Waals surface area contributed by atoms with Crippen molar-refractivity contribution in [1.29, 1.82) is 0 Å². The van der Waals surface area contributed by atoms with Crippen molar-refractivity contribution < 1.29 is 0 Å². The molecule has 0 aliphatic heterocycles. The topological polar surface area (TPSA) is 43.6 Å². The minimum Gasteiger partial charge on any atom is -0.224 e. The number of hydrogen-bond donors (Lipinski definition) is 0. The maximum Gasteiger partial charge on any atom is 0.162 e. The Morgan fingerprint density at radius 2 is 2.00 bits per heavy atom. The maximum atomic E-state index is 3.91. The number of benzene rings is 1. The van der Waals surface area contributed by atoms with Crippen molar-refractivity contribution in [1.82, 2.24) is 20.2 Å². The van der Waals surface area contributed by atoms with E-state index in [1.807, 2.05) is 18.2 Å². The molecule has 0 fully saturated rings. The molecule has 0 aliphatic carbocycles. The average molecular weight is 253 g/mol. The highest BCUT2D eigenvalue weighted by Gasteiger charge is 2.03. The summed E-state index contributed by atoms with van der Waals surface area (Å²) in [5, 5.41) is 12.1. The van der Waals surface area contributed by atoms with E-state index < -0.39 is 0 Å². The predicted molar refractivity (Wildman–Crippen MR) is 56.0 cm³/mol. The summed E-state index contributed by atoms with van der Waals surface area (Å²) in [5.41, 5.74) is 1.20. The Morgan fingerprint density at radius 1 is 1.21 bits per heavy atom. The molecular weight excluding hydrogens is 244 g/mol. The molecular formula is C9H9BrN4. The van der Waals surface area contributed by atoms with Gasteiger partial charge in [-0.3, -0.25) is 0 Å². The molecule has 4 nitrogen and oxygen atoms in total. The number of hydrogen-bond acceptors (Lipinski definition) is 3. The first-order chi connectivity index (χ1) is 6.90. The molecule has 0 unspecified atom stereocenters. The molecule has 72 valence electrons. The van der Waals surface area contributed by atoms with E-state index in [-0.39, 0.29) is 0 Å². The summed E-state index contributed by atoms with van der Waals surface area (Å²) in [6, 6.07) is 10.1. The summed E-state index contributed by atoms with van der Waals surface area (Å²) >= 11 is 3.34. The maximum absolute atomic E-state index is 3.91. The highest BCUT2D eigenvalue weighted by Crippen LogP contribution is 2.04. The van der Waals surface area contributed by atoms with Crippen molar-refractivity contribution in [3.8, 4) is 0 Å². The second-order valence-corrected chi connectivity index (χ2v) is 3.43. The number of aromatic nitrogens is 4. The molecule has 0 atom stereocenters. The molecule has 5 heteroatoms. The van der Waals surface area contributed by atoms with Gasteiger partial charge >= 0.3 is 0 Å². The first kappa shape index (κ1) is 9.33. The van der Waals surface area contributed by atoms with E-state index in [4.69, 9.17) is 0 Å². The van der Waals surface area contributed by atoms with Gasteiger partial charge in [0.2, 0.25) is 0 Å². The van der Waals surface area contributed by atoms with Crippen LogP contribution in [0.2, 0.25) is 0 Å². The molecule has 0 aliphatic rings. The van der Waals surface area contributed by atoms with Crippen LogP contribution in [0.1, 0.15) is 11.4 Å². The van der Waals surface area contributed by atoms with Crippen LogP contribution in [0.3, 0.4) is 0 Å². The van der Waals surface area contributed by atoms with Crippen molar-refractivity contribution in [3.63, 3.8) is 0 Å². The van der Waals surface area contributed by atoms with Gasteiger partial charge in [0.25, 0.3) is 0 Å². The van der Waals surface area contributed by atoms with Gasteiger partial charge in [0.05, 0.1) is 11.9 Å². The smallest absolute Gasteiger partial charge is 0.162 e. The van der Waals surface area contributed by atoms with Crippen LogP contribution in [0, 0.1) is 0 Å². The van der Waals surface area contributed by atoms with E-state index in [9.17, 15) is 0 Å². The molecule has 2 aromatic rings. The van der Waals surface area contributed by atoms with Crippen LogP contribution >= 0.6 is 15.9 Å². The normalized spacial score (nSPS) is 10.4. The van der Waals surface area contributed by atoms with Crippen molar-refractivity contribution in [2.45, 2.75) is 11.9 Å². The van der Waals surface area contributed by atoms with Gasteiger partial charge in [-0.25, -0.2) is 4.68 Å². The van der Waals surface area contributed by atoms with Gasteiger partial charge in [0.1, 0.15) is 0 Å². The monoisotopic (exact) mass is 252 g/mol. The molecule has 0 bridgehead atoms. The summed E-state index contributed by atoms with van der Waals surface area (Å²) in [6.45, 7) is 0.717. The van der Waals surface area contributed by atoms with E-state index >= 15 is 0 Å². The fourth-order valence-electron chi connectivity index (χ4n) is 1.20. The van der Waals surface area contributed by atoms with Gasteiger partial charge in [0, 0.05) is 0 Å². The summed E-state index contributed by atoms with van der Waals surface area (Å²) in [5.74, 6) is 0.842. The van der Waals surface area contributed by atoms with Gasteiger partial charge in [-0.15, -0.1) is 5.10 Å². The van der Waals surface area contributed by atoms with E-state index in [0.717, 1.165) is 12.4 Å². The Labute approximate surface area is 90.1 Å². The fourth-order valence-corrected chi connectivity index (χ4v) is 1.60. The SMILES string of the molecule is BrCc1nnnn1Cc1ccccc1. The zero-order valence-corrected chi connectivity index (χ0v) is 9.05. The fraction of sp³-hybridized carbons (Fsp3) is 0.222. The van der Waals surface area contributed by atoms with Crippen LogP contribution in [-0.2, 0) is 11.9 Å². The van der Waals surface area contributed by atoms with E-state index in [1.165, 1.54) is 5.56 Å². The van der Waals surface area contributed by atoms with E-state index in [1.54, 1.807) is 4.68 Å². The molecule has 2 rings (SSSR count). The first-order valence-corrected chi connectivity index (χ1v) is 5.37. The second kappa shape index (κ2) is 4.32. The highest BCUT2D eigenvalue weighted by atomic mass is 79.9. The van der Waals surface area contributed by atoms with Gasteiger partial charge in [-0.05, 0) is 16.0 Å². The van der Waals surface area contributed by atoms with Crippen molar-refractivity contribution in [2.24, 2.45) is 0 Å². The first-order valence-electron chi connectivity index (χ1n) is 4.25. The number of alkyl halides is 1. The molecule has 0 N–H and O–H groups in total. The average Bonchev–Trinajstić information content (AvgIpc) is 2.67. The molecule has 0 amide bonds. The lowest BCUT2D eigenvalue weighted by molar-refractivity contribution is 0.632. The summed E-state index contributed by atoms with van der Waals surface area (Å²) < 4.78 is 1.78. The third kappa shape index (κ3) is 1.98. The van der Waals surface area contributed by atoms with Crippen molar-refractivity contribution in [3.05, 3.63) is 41.7 Å². The second-order valence-electron chi connectivity index (χ2n) is 2.87. The van der Waals surface area contributed by atoms with Crippen LogP contribution in [0.4, 0.5) is 0 Å². The van der Waals surface area contributed by atoms with Crippen LogP contribution in [-0.4, -0.2) is 20.2 Å². The van der Waals surface area contributed by atoms with Gasteiger partial charge in [-0.1, -0.05) is 46.3 Å². The minimum absolute atomic E-state index is 0.673. The predicted octanol–water partition coefficient (Wildman–Crippen LogP) is 1.62. The third-order valence-corrected chi connectivity index (χ3v) is 2.40. The van der Waals surface area contributed by atoms with E-state index in [0.29, 0.717) is 5.33 Å². The molecule has 14 heavy (non-hydrogen) atoms. The molecule has 0 radical (unpaired) electrons. The molecule has 1 aromatic heterocycles. The van der Waals surface area contributed by atoms with Crippen LogP contribution in [0.5, 0.6) is 0 Å². The Balaban J connectivity index is 2.19. The standard InChI is InChI=1S/C9H9BrN4/c10-6-9-11-12-13-14(9)7-8-4-2-1-3-5-8/h1-5H,6-7H2.